The van der Waals surface area contributed by atoms with Crippen LogP contribution < -0.4 is 5.43 Å². The molecule has 4 aromatic carbocycles. The molecule has 1 amide bonds. The van der Waals surface area contributed by atoms with E-state index in [1.165, 1.54) is 30.3 Å². The number of fused-ring (bicyclic) bond motifs is 1. The van der Waals surface area contributed by atoms with Crippen molar-refractivity contribution in [2.24, 2.45) is 0 Å². The number of pyridine rings is 1. The normalized spacial score (nSPS) is 11.8. The van der Waals surface area contributed by atoms with E-state index in [1.807, 2.05) is 38.1 Å². The molecule has 0 atom stereocenters. The predicted octanol–water partition coefficient (Wildman–Crippen LogP) is 8.63. The first-order valence-electron chi connectivity index (χ1n) is 15.9. The molecule has 0 saturated carbocycles. The molecule has 0 saturated heterocycles. The minimum atomic E-state index is -4.41. The van der Waals surface area contributed by atoms with Gasteiger partial charge in [-0.15, -0.1) is 11.8 Å². The van der Waals surface area contributed by atoms with E-state index in [4.69, 9.17) is 0 Å². The molecule has 0 aliphatic carbocycles. The Morgan fingerprint density at radius 3 is 2.12 bits per heavy atom. The number of para-hydroxylation sites is 1. The average Bonchev–Trinajstić information content (AvgIpc) is 3.10. The topological polar surface area (TPSA) is 45.5 Å². The Balaban J connectivity index is 1.42. The number of rotatable bonds is 13. The number of nitrogens with zero attached hydrogens (tertiary/aromatic N) is 3. The van der Waals surface area contributed by atoms with Gasteiger partial charge in [0.15, 0.2) is 17.1 Å². The summed E-state index contributed by atoms with van der Waals surface area (Å²) in [6.45, 7) is 6.95. The molecule has 0 bridgehead atoms. The first-order chi connectivity index (χ1) is 23.5. The van der Waals surface area contributed by atoms with Crippen molar-refractivity contribution in [3.63, 3.8) is 0 Å². The van der Waals surface area contributed by atoms with E-state index in [0.29, 0.717) is 34.6 Å². The van der Waals surface area contributed by atoms with Gasteiger partial charge in [-0.25, -0.2) is 8.78 Å². The molecule has 5 nitrogen and oxygen atoms in total. The fraction of sp³-hybridized carbons (Fsp3) is 0.263. The number of carbonyl (C=O) groups excluding carboxylic acids is 1. The van der Waals surface area contributed by atoms with Crippen LogP contribution >= 0.6 is 11.8 Å². The van der Waals surface area contributed by atoms with Gasteiger partial charge in [0.2, 0.25) is 5.91 Å². The summed E-state index contributed by atoms with van der Waals surface area (Å²) in [5, 5.41) is 0.885. The molecule has 0 fully saturated rings. The third-order valence-corrected chi connectivity index (χ3v) is 9.58. The summed E-state index contributed by atoms with van der Waals surface area (Å²) in [5.41, 5.74) is 1.96. The molecule has 0 spiro atoms. The lowest BCUT2D eigenvalue weighted by Gasteiger charge is -2.28. The molecule has 0 aliphatic heterocycles. The summed E-state index contributed by atoms with van der Waals surface area (Å²) in [5.74, 6) is -2.06. The molecule has 256 valence electrons. The van der Waals surface area contributed by atoms with Crippen LogP contribution in [-0.2, 0) is 29.8 Å². The van der Waals surface area contributed by atoms with E-state index in [9.17, 15) is 31.5 Å². The molecule has 0 radical (unpaired) electrons. The Morgan fingerprint density at radius 2 is 1.47 bits per heavy atom. The van der Waals surface area contributed by atoms with Crippen molar-refractivity contribution in [3.8, 4) is 11.1 Å². The summed E-state index contributed by atoms with van der Waals surface area (Å²) >= 11 is 1.15. The second-order valence-corrected chi connectivity index (χ2v) is 12.6. The summed E-state index contributed by atoms with van der Waals surface area (Å²) in [6.07, 6.45) is -4.41. The Kier molecular flexibility index (Phi) is 11.6. The summed E-state index contributed by atoms with van der Waals surface area (Å²) in [6, 6.07) is 24.7. The van der Waals surface area contributed by atoms with Crippen LogP contribution in [-0.4, -0.2) is 46.5 Å². The number of carbonyl (C=O) groups is 1. The lowest BCUT2D eigenvalue weighted by molar-refractivity contribution is -0.137. The van der Waals surface area contributed by atoms with Crippen molar-refractivity contribution < 1.29 is 26.7 Å². The molecule has 0 N–H and O–H groups in total. The zero-order chi connectivity index (χ0) is 35.1. The fourth-order valence-corrected chi connectivity index (χ4v) is 6.64. The SMILES string of the molecule is CCN(CC)CCN(Cc1ccc(-c2ccc(C(F)(F)F)cc2)cc1)C(=O)Cn1c(SCc2cccc(F)c2F)cc(=O)c2ccccc21. The van der Waals surface area contributed by atoms with Crippen LogP contribution in [0.4, 0.5) is 22.0 Å². The van der Waals surface area contributed by atoms with Crippen LogP contribution in [0.5, 0.6) is 0 Å². The number of halogens is 5. The molecule has 0 unspecified atom stereocenters. The molecular formula is C38H36F5N3O2S. The van der Waals surface area contributed by atoms with Gasteiger partial charge in [0, 0.05) is 42.4 Å². The smallest absolute Gasteiger partial charge is 0.336 e. The van der Waals surface area contributed by atoms with Gasteiger partial charge in [0.05, 0.1) is 16.1 Å². The second-order valence-electron chi connectivity index (χ2n) is 11.6. The van der Waals surface area contributed by atoms with Gasteiger partial charge in [-0.05, 0) is 60.1 Å². The van der Waals surface area contributed by atoms with E-state index >= 15 is 0 Å². The van der Waals surface area contributed by atoms with E-state index < -0.39 is 23.4 Å². The molecular weight excluding hydrogens is 657 g/mol. The Bertz CT molecular complexity index is 1960. The Hall–Kier alpha value is -4.48. The zero-order valence-electron chi connectivity index (χ0n) is 27.1. The zero-order valence-corrected chi connectivity index (χ0v) is 28.0. The molecule has 0 aliphatic rings. The van der Waals surface area contributed by atoms with Crippen molar-refractivity contribution in [3.05, 3.63) is 136 Å². The fourth-order valence-electron chi connectivity index (χ4n) is 5.60. The number of hydrogen-bond acceptors (Lipinski definition) is 4. The number of benzene rings is 4. The molecule has 49 heavy (non-hydrogen) atoms. The van der Waals surface area contributed by atoms with Crippen molar-refractivity contribution >= 4 is 28.6 Å². The number of alkyl halides is 3. The van der Waals surface area contributed by atoms with Gasteiger partial charge in [-0.1, -0.05) is 74.5 Å². The standard InChI is InChI=1S/C38H36F5N3O2S/c1-3-44(4-2)20-21-45(23-26-12-14-27(15-13-26)28-16-18-30(19-17-28)38(41,42)43)35(48)24-46-33-11-6-5-9-31(33)34(47)22-36(46)49-25-29-8-7-10-32(39)37(29)40/h5-19,22H,3-4,20-21,23-25H2,1-2H3. The van der Waals surface area contributed by atoms with E-state index in [0.717, 1.165) is 54.2 Å². The van der Waals surface area contributed by atoms with Crippen LogP contribution in [0.2, 0.25) is 0 Å². The highest BCUT2D eigenvalue weighted by Gasteiger charge is 2.30. The van der Waals surface area contributed by atoms with Crippen molar-refractivity contribution in [2.75, 3.05) is 26.2 Å². The minimum Gasteiger partial charge on any atom is -0.336 e. The maximum Gasteiger partial charge on any atom is 0.416 e. The number of likely N-dealkylation sites (N-methyl/N-ethyl adjacent to an activating group) is 1. The highest BCUT2D eigenvalue weighted by molar-refractivity contribution is 7.98. The minimum absolute atomic E-state index is 0.0481. The molecule has 1 heterocycles. The van der Waals surface area contributed by atoms with Gasteiger partial charge < -0.3 is 14.4 Å². The van der Waals surface area contributed by atoms with E-state index in [2.05, 4.69) is 4.90 Å². The van der Waals surface area contributed by atoms with Gasteiger partial charge in [0.1, 0.15) is 6.54 Å². The van der Waals surface area contributed by atoms with Crippen molar-refractivity contribution in [1.29, 1.82) is 0 Å². The van der Waals surface area contributed by atoms with Crippen LogP contribution in [0.1, 0.15) is 30.5 Å². The first-order valence-corrected chi connectivity index (χ1v) is 16.9. The quantitative estimate of drug-likeness (QED) is 0.0916. The molecule has 5 aromatic rings. The third kappa shape index (κ3) is 8.76. The van der Waals surface area contributed by atoms with Crippen LogP contribution in [0.3, 0.4) is 0 Å². The predicted molar refractivity (Wildman–Crippen MR) is 184 cm³/mol. The van der Waals surface area contributed by atoms with Crippen LogP contribution in [0.25, 0.3) is 22.0 Å². The number of amides is 1. The maximum atomic E-state index is 14.5. The average molecular weight is 694 g/mol. The molecule has 1 aromatic heterocycles. The van der Waals surface area contributed by atoms with E-state index in [-0.39, 0.29) is 35.7 Å². The number of thioether (sulfide) groups is 1. The van der Waals surface area contributed by atoms with E-state index in [1.54, 1.807) is 33.7 Å². The van der Waals surface area contributed by atoms with Crippen molar-refractivity contribution in [1.82, 2.24) is 14.4 Å². The number of aromatic nitrogens is 1. The third-order valence-electron chi connectivity index (χ3n) is 8.49. The highest BCUT2D eigenvalue weighted by atomic mass is 32.2. The van der Waals surface area contributed by atoms with Gasteiger partial charge in [0.25, 0.3) is 0 Å². The highest BCUT2D eigenvalue weighted by Crippen LogP contribution is 2.31. The monoisotopic (exact) mass is 693 g/mol. The van der Waals surface area contributed by atoms with Crippen LogP contribution in [0.15, 0.2) is 107 Å². The summed E-state index contributed by atoms with van der Waals surface area (Å²) in [4.78, 5) is 31.2. The van der Waals surface area contributed by atoms with Gasteiger partial charge in [-0.3, -0.25) is 9.59 Å². The largest absolute Gasteiger partial charge is 0.416 e. The van der Waals surface area contributed by atoms with Crippen LogP contribution in [0, 0.1) is 11.6 Å². The summed E-state index contributed by atoms with van der Waals surface area (Å²) < 4.78 is 69.2. The van der Waals surface area contributed by atoms with Gasteiger partial charge in [-0.2, -0.15) is 13.2 Å². The lowest BCUT2D eigenvalue weighted by Crippen LogP contribution is -2.40. The first kappa shape index (κ1) is 35.8. The number of hydrogen-bond donors (Lipinski definition) is 0. The second kappa shape index (κ2) is 15.8. The maximum absolute atomic E-state index is 14.5. The van der Waals surface area contributed by atoms with Gasteiger partial charge >= 0.3 is 6.18 Å². The lowest BCUT2D eigenvalue weighted by atomic mass is 10.0. The molecule has 5 rings (SSSR count). The Labute approximate surface area is 286 Å². The summed E-state index contributed by atoms with van der Waals surface area (Å²) in [7, 11) is 0. The molecule has 11 heteroatoms. The Morgan fingerprint density at radius 1 is 0.816 bits per heavy atom. The van der Waals surface area contributed by atoms with Crippen molar-refractivity contribution in [2.45, 2.75) is 43.9 Å².